The number of nitrogen functional groups attached to an aromatic ring is 2. The summed E-state index contributed by atoms with van der Waals surface area (Å²) in [5, 5.41) is 9.50. The van der Waals surface area contributed by atoms with Crippen molar-refractivity contribution in [3.63, 3.8) is 0 Å². The summed E-state index contributed by atoms with van der Waals surface area (Å²) in [6.07, 6.45) is 1.59. The highest BCUT2D eigenvalue weighted by molar-refractivity contribution is 5.58. The third-order valence-corrected chi connectivity index (χ3v) is 2.89. The highest BCUT2D eigenvalue weighted by Crippen LogP contribution is 2.25. The van der Waals surface area contributed by atoms with Crippen LogP contribution < -0.4 is 11.5 Å². The summed E-state index contributed by atoms with van der Waals surface area (Å²) in [6.45, 7) is 0. The lowest BCUT2D eigenvalue weighted by atomic mass is 10.0. The van der Waals surface area contributed by atoms with Gasteiger partial charge in [0, 0.05) is 5.69 Å². The Kier molecular flexibility index (Phi) is 3.19. The first kappa shape index (κ1) is 11.3. The highest BCUT2D eigenvalue weighted by atomic mass is 16.3. The van der Waals surface area contributed by atoms with Crippen LogP contribution in [-0.2, 0) is 12.8 Å². The smallest absolute Gasteiger partial charge is 0.138 e. The Hall–Kier alpha value is -2.16. The van der Waals surface area contributed by atoms with Gasteiger partial charge in [-0.1, -0.05) is 30.3 Å². The quantitative estimate of drug-likeness (QED) is 0.557. The number of aromatic hydroxyl groups is 1. The summed E-state index contributed by atoms with van der Waals surface area (Å²) in [4.78, 5) is 0. The number of hydrogen-bond acceptors (Lipinski definition) is 3. The largest absolute Gasteiger partial charge is 0.506 e. The van der Waals surface area contributed by atoms with E-state index in [9.17, 15) is 5.11 Å². The number of hydrogen-bond donors (Lipinski definition) is 3. The Bertz CT molecular complexity index is 523. The Labute approximate surface area is 101 Å². The number of anilines is 2. The van der Waals surface area contributed by atoms with Gasteiger partial charge in [-0.15, -0.1) is 0 Å². The standard InChI is InChI=1S/C14H16N2O/c15-12-6-2-1-4-10(12)8-9-11-5-3-7-13(17)14(11)16/h1-7,17H,8-9,15-16H2. The molecular formula is C14H16N2O. The maximum absolute atomic E-state index is 9.50. The van der Waals surface area contributed by atoms with Crippen LogP contribution in [0.15, 0.2) is 42.5 Å². The van der Waals surface area contributed by atoms with Crippen LogP contribution in [-0.4, -0.2) is 5.11 Å². The van der Waals surface area contributed by atoms with Crippen molar-refractivity contribution in [2.75, 3.05) is 11.5 Å². The summed E-state index contributed by atoms with van der Waals surface area (Å²) >= 11 is 0. The summed E-state index contributed by atoms with van der Waals surface area (Å²) in [7, 11) is 0. The van der Waals surface area contributed by atoms with E-state index >= 15 is 0 Å². The zero-order valence-corrected chi connectivity index (χ0v) is 9.56. The molecule has 5 N–H and O–H groups in total. The molecule has 0 unspecified atom stereocenters. The van der Waals surface area contributed by atoms with E-state index in [1.165, 1.54) is 0 Å². The van der Waals surface area contributed by atoms with E-state index in [2.05, 4.69) is 0 Å². The van der Waals surface area contributed by atoms with E-state index in [1.54, 1.807) is 12.1 Å². The monoisotopic (exact) mass is 228 g/mol. The van der Waals surface area contributed by atoms with Gasteiger partial charge in [0.2, 0.25) is 0 Å². The van der Waals surface area contributed by atoms with Crippen molar-refractivity contribution in [2.45, 2.75) is 12.8 Å². The molecule has 0 fully saturated rings. The molecule has 0 bridgehead atoms. The van der Waals surface area contributed by atoms with E-state index < -0.39 is 0 Å². The number of nitrogens with two attached hydrogens (primary N) is 2. The average Bonchev–Trinajstić information content (AvgIpc) is 2.33. The molecule has 0 aliphatic rings. The van der Waals surface area contributed by atoms with Gasteiger partial charge in [-0.2, -0.15) is 0 Å². The van der Waals surface area contributed by atoms with Gasteiger partial charge in [0.1, 0.15) is 5.75 Å². The number of para-hydroxylation sites is 2. The second kappa shape index (κ2) is 4.78. The maximum atomic E-state index is 9.50. The van der Waals surface area contributed by atoms with E-state index in [4.69, 9.17) is 11.5 Å². The van der Waals surface area contributed by atoms with Crippen LogP contribution in [0.4, 0.5) is 11.4 Å². The minimum absolute atomic E-state index is 0.142. The molecule has 2 rings (SSSR count). The van der Waals surface area contributed by atoms with Gasteiger partial charge in [0.05, 0.1) is 5.69 Å². The second-order valence-electron chi connectivity index (χ2n) is 4.05. The molecule has 2 aromatic rings. The molecule has 17 heavy (non-hydrogen) atoms. The lowest BCUT2D eigenvalue weighted by Gasteiger charge is -2.08. The van der Waals surface area contributed by atoms with Crippen molar-refractivity contribution in [3.8, 4) is 5.75 Å². The minimum Gasteiger partial charge on any atom is -0.506 e. The van der Waals surface area contributed by atoms with Crippen molar-refractivity contribution in [3.05, 3.63) is 53.6 Å². The van der Waals surface area contributed by atoms with Crippen LogP contribution in [0, 0.1) is 0 Å². The fraction of sp³-hybridized carbons (Fsp3) is 0.143. The van der Waals surface area contributed by atoms with Crippen molar-refractivity contribution >= 4 is 11.4 Å². The van der Waals surface area contributed by atoms with Crippen LogP contribution in [0.5, 0.6) is 5.75 Å². The minimum atomic E-state index is 0.142. The average molecular weight is 228 g/mol. The maximum Gasteiger partial charge on any atom is 0.138 e. The van der Waals surface area contributed by atoms with Crippen molar-refractivity contribution < 1.29 is 5.11 Å². The Morgan fingerprint density at radius 2 is 1.47 bits per heavy atom. The van der Waals surface area contributed by atoms with Crippen molar-refractivity contribution in [1.82, 2.24) is 0 Å². The lowest BCUT2D eigenvalue weighted by Crippen LogP contribution is -1.99. The van der Waals surface area contributed by atoms with E-state index in [0.717, 1.165) is 29.7 Å². The second-order valence-corrected chi connectivity index (χ2v) is 4.05. The normalized spacial score (nSPS) is 10.4. The number of phenols is 1. The van der Waals surface area contributed by atoms with Crippen LogP contribution in [0.2, 0.25) is 0 Å². The third-order valence-electron chi connectivity index (χ3n) is 2.89. The Balaban J connectivity index is 2.13. The van der Waals surface area contributed by atoms with Gasteiger partial charge in [-0.05, 0) is 36.1 Å². The molecule has 0 saturated carbocycles. The molecule has 88 valence electrons. The zero-order chi connectivity index (χ0) is 12.3. The molecular weight excluding hydrogens is 212 g/mol. The summed E-state index contributed by atoms with van der Waals surface area (Å²) in [5.41, 5.74) is 15.0. The lowest BCUT2D eigenvalue weighted by molar-refractivity contribution is 0.477. The first-order valence-electron chi connectivity index (χ1n) is 5.58. The number of rotatable bonds is 3. The predicted octanol–water partition coefficient (Wildman–Crippen LogP) is 2.34. The molecule has 2 aromatic carbocycles. The summed E-state index contributed by atoms with van der Waals surface area (Å²) < 4.78 is 0. The van der Waals surface area contributed by atoms with Crippen molar-refractivity contribution in [2.24, 2.45) is 0 Å². The van der Waals surface area contributed by atoms with E-state index in [1.807, 2.05) is 30.3 Å². The number of aryl methyl sites for hydroxylation is 2. The van der Waals surface area contributed by atoms with Gasteiger partial charge in [-0.3, -0.25) is 0 Å². The predicted molar refractivity (Wildman–Crippen MR) is 70.8 cm³/mol. The van der Waals surface area contributed by atoms with E-state index in [-0.39, 0.29) is 5.75 Å². The third kappa shape index (κ3) is 2.50. The molecule has 0 aliphatic carbocycles. The van der Waals surface area contributed by atoms with Crippen LogP contribution >= 0.6 is 0 Å². The number of benzene rings is 2. The molecule has 0 aliphatic heterocycles. The molecule has 0 spiro atoms. The Morgan fingerprint density at radius 3 is 2.24 bits per heavy atom. The summed E-state index contributed by atoms with van der Waals surface area (Å²) in [6, 6.07) is 13.1. The van der Waals surface area contributed by atoms with Gasteiger partial charge >= 0.3 is 0 Å². The van der Waals surface area contributed by atoms with Crippen LogP contribution in [0.25, 0.3) is 0 Å². The molecule has 3 nitrogen and oxygen atoms in total. The van der Waals surface area contributed by atoms with Gasteiger partial charge in [0.25, 0.3) is 0 Å². The molecule has 0 radical (unpaired) electrons. The first-order chi connectivity index (χ1) is 8.18. The first-order valence-corrected chi connectivity index (χ1v) is 5.58. The molecule has 0 heterocycles. The zero-order valence-electron chi connectivity index (χ0n) is 9.56. The SMILES string of the molecule is Nc1ccccc1CCc1cccc(O)c1N. The fourth-order valence-corrected chi connectivity index (χ4v) is 1.85. The highest BCUT2D eigenvalue weighted by Gasteiger charge is 2.05. The van der Waals surface area contributed by atoms with Crippen molar-refractivity contribution in [1.29, 1.82) is 0 Å². The molecule has 0 aromatic heterocycles. The van der Waals surface area contributed by atoms with Crippen LogP contribution in [0.1, 0.15) is 11.1 Å². The topological polar surface area (TPSA) is 72.3 Å². The van der Waals surface area contributed by atoms with Gasteiger partial charge < -0.3 is 16.6 Å². The molecule has 0 amide bonds. The van der Waals surface area contributed by atoms with Crippen LogP contribution in [0.3, 0.4) is 0 Å². The molecule has 3 heteroatoms. The summed E-state index contributed by atoms with van der Waals surface area (Å²) in [5.74, 6) is 0.142. The fourth-order valence-electron chi connectivity index (χ4n) is 1.85. The van der Waals surface area contributed by atoms with E-state index in [0.29, 0.717) is 5.69 Å². The molecule has 0 saturated heterocycles. The van der Waals surface area contributed by atoms with Gasteiger partial charge in [-0.25, -0.2) is 0 Å². The molecule has 0 atom stereocenters. The Morgan fingerprint density at radius 1 is 0.824 bits per heavy atom. The number of phenolic OH excluding ortho intramolecular Hbond substituents is 1. The van der Waals surface area contributed by atoms with Gasteiger partial charge in [0.15, 0.2) is 0 Å².